The van der Waals surface area contributed by atoms with E-state index < -0.39 is 5.97 Å². The van der Waals surface area contributed by atoms with Crippen molar-refractivity contribution in [2.45, 2.75) is 6.92 Å². The van der Waals surface area contributed by atoms with E-state index in [0.717, 1.165) is 24.3 Å². The summed E-state index contributed by atoms with van der Waals surface area (Å²) in [6.45, 7) is 4.80. The first-order valence-electron chi connectivity index (χ1n) is 5.34. The van der Waals surface area contributed by atoms with Crippen LogP contribution in [0.25, 0.3) is 0 Å². The summed E-state index contributed by atoms with van der Waals surface area (Å²) in [5.41, 5.74) is 2.00. The molecule has 1 aliphatic heterocycles. The fourth-order valence-corrected chi connectivity index (χ4v) is 1.99. The lowest BCUT2D eigenvalue weighted by atomic mass is 10.1. The van der Waals surface area contributed by atoms with E-state index in [1.807, 2.05) is 13.0 Å². The van der Waals surface area contributed by atoms with Crippen LogP contribution in [0.5, 0.6) is 0 Å². The van der Waals surface area contributed by atoms with Gasteiger partial charge in [-0.25, -0.2) is 0 Å². The topological polar surface area (TPSA) is 52.6 Å². The van der Waals surface area contributed by atoms with Gasteiger partial charge in [-0.05, 0) is 18.6 Å². The Morgan fingerprint density at radius 2 is 2.06 bits per heavy atom. The standard InChI is InChI=1S/C12H15NO3/c1-9-10(12(14)15)3-2-4-11(9)13-5-7-16-8-6-13/h2-4H,5-8H2,1H3,(H,14,15)/p-1. The summed E-state index contributed by atoms with van der Waals surface area (Å²) in [4.78, 5) is 13.0. The van der Waals surface area contributed by atoms with E-state index in [1.54, 1.807) is 12.1 Å². The zero-order chi connectivity index (χ0) is 11.5. The molecule has 0 bridgehead atoms. The number of hydrogen-bond acceptors (Lipinski definition) is 4. The van der Waals surface area contributed by atoms with Gasteiger partial charge in [0.05, 0.1) is 19.2 Å². The minimum absolute atomic E-state index is 0.268. The summed E-state index contributed by atoms with van der Waals surface area (Å²) in [7, 11) is 0. The van der Waals surface area contributed by atoms with Crippen molar-refractivity contribution in [3.8, 4) is 0 Å². The zero-order valence-electron chi connectivity index (χ0n) is 9.23. The molecular weight excluding hydrogens is 206 g/mol. The van der Waals surface area contributed by atoms with Crippen molar-refractivity contribution >= 4 is 11.7 Å². The number of carbonyl (C=O) groups is 1. The van der Waals surface area contributed by atoms with Crippen molar-refractivity contribution in [3.63, 3.8) is 0 Å². The highest BCUT2D eigenvalue weighted by atomic mass is 16.5. The van der Waals surface area contributed by atoms with Crippen LogP contribution in [0.4, 0.5) is 5.69 Å². The van der Waals surface area contributed by atoms with E-state index in [2.05, 4.69) is 4.90 Å². The Balaban J connectivity index is 2.33. The molecule has 1 aromatic rings. The van der Waals surface area contributed by atoms with Crippen molar-refractivity contribution in [2.24, 2.45) is 0 Å². The largest absolute Gasteiger partial charge is 0.545 e. The van der Waals surface area contributed by atoms with Gasteiger partial charge in [0, 0.05) is 24.3 Å². The van der Waals surface area contributed by atoms with Gasteiger partial charge in [0.25, 0.3) is 0 Å². The second kappa shape index (κ2) is 4.53. The number of morpholine rings is 1. The van der Waals surface area contributed by atoms with Crippen molar-refractivity contribution in [3.05, 3.63) is 29.3 Å². The van der Waals surface area contributed by atoms with Gasteiger partial charge in [-0.1, -0.05) is 12.1 Å². The Morgan fingerprint density at radius 1 is 1.38 bits per heavy atom. The van der Waals surface area contributed by atoms with Crippen LogP contribution in [-0.2, 0) is 4.74 Å². The molecule has 1 saturated heterocycles. The molecule has 0 atom stereocenters. The molecule has 0 aromatic heterocycles. The van der Waals surface area contributed by atoms with Gasteiger partial charge in [0.1, 0.15) is 0 Å². The van der Waals surface area contributed by atoms with Crippen molar-refractivity contribution in [2.75, 3.05) is 31.2 Å². The second-order valence-electron chi connectivity index (χ2n) is 3.84. The Kier molecular flexibility index (Phi) is 3.10. The maximum Gasteiger partial charge on any atom is 0.0718 e. The predicted molar refractivity (Wildman–Crippen MR) is 58.5 cm³/mol. The average Bonchev–Trinajstić information content (AvgIpc) is 2.30. The second-order valence-corrected chi connectivity index (χ2v) is 3.84. The minimum atomic E-state index is -1.12. The van der Waals surface area contributed by atoms with Crippen LogP contribution in [0.3, 0.4) is 0 Å². The third-order valence-electron chi connectivity index (χ3n) is 2.88. The summed E-state index contributed by atoms with van der Waals surface area (Å²) >= 11 is 0. The number of carbonyl (C=O) groups excluding carboxylic acids is 1. The third kappa shape index (κ3) is 2.02. The molecule has 0 spiro atoms. The van der Waals surface area contributed by atoms with Gasteiger partial charge in [-0.2, -0.15) is 0 Å². The molecule has 0 amide bonds. The van der Waals surface area contributed by atoms with Crippen molar-refractivity contribution in [1.82, 2.24) is 0 Å². The van der Waals surface area contributed by atoms with Gasteiger partial charge in [-0.3, -0.25) is 0 Å². The smallest absolute Gasteiger partial charge is 0.0718 e. The number of aromatic carboxylic acids is 1. The maximum absolute atomic E-state index is 10.9. The van der Waals surface area contributed by atoms with E-state index in [4.69, 9.17) is 4.74 Å². The number of rotatable bonds is 2. The van der Waals surface area contributed by atoms with Crippen LogP contribution in [0, 0.1) is 6.92 Å². The summed E-state index contributed by atoms with van der Waals surface area (Å²) in [6.07, 6.45) is 0. The van der Waals surface area contributed by atoms with Crippen molar-refractivity contribution < 1.29 is 14.6 Å². The van der Waals surface area contributed by atoms with E-state index in [-0.39, 0.29) is 5.56 Å². The molecule has 1 aromatic carbocycles. The monoisotopic (exact) mass is 220 g/mol. The highest BCUT2D eigenvalue weighted by Crippen LogP contribution is 2.23. The molecular formula is C12H14NO3-. The number of carboxylic acids is 1. The SMILES string of the molecule is Cc1c(C(=O)[O-])cccc1N1CCOCC1. The van der Waals surface area contributed by atoms with Crippen LogP contribution in [0.2, 0.25) is 0 Å². The quantitative estimate of drug-likeness (QED) is 0.714. The molecule has 0 saturated carbocycles. The summed E-state index contributed by atoms with van der Waals surface area (Å²) in [5, 5.41) is 10.9. The number of hydrogen-bond donors (Lipinski definition) is 0. The fraction of sp³-hybridized carbons (Fsp3) is 0.417. The highest BCUT2D eigenvalue weighted by Gasteiger charge is 2.14. The van der Waals surface area contributed by atoms with Gasteiger partial charge < -0.3 is 19.5 Å². The zero-order valence-corrected chi connectivity index (χ0v) is 9.23. The van der Waals surface area contributed by atoms with Crippen LogP contribution < -0.4 is 10.0 Å². The molecule has 2 rings (SSSR count). The number of ether oxygens (including phenoxy) is 1. The molecule has 1 heterocycles. The molecule has 0 unspecified atom stereocenters. The van der Waals surface area contributed by atoms with Gasteiger partial charge >= 0.3 is 0 Å². The molecule has 0 N–H and O–H groups in total. The van der Waals surface area contributed by atoms with E-state index in [1.165, 1.54) is 0 Å². The number of carboxylic acid groups (broad SMARTS) is 1. The molecule has 1 aliphatic rings. The molecule has 4 heteroatoms. The molecule has 16 heavy (non-hydrogen) atoms. The fourth-order valence-electron chi connectivity index (χ4n) is 1.99. The van der Waals surface area contributed by atoms with Crippen LogP contribution >= 0.6 is 0 Å². The minimum Gasteiger partial charge on any atom is -0.545 e. The van der Waals surface area contributed by atoms with E-state index in [0.29, 0.717) is 13.2 Å². The normalized spacial score (nSPS) is 16.2. The van der Waals surface area contributed by atoms with Crippen LogP contribution in [0.1, 0.15) is 15.9 Å². The summed E-state index contributed by atoms with van der Waals surface area (Å²) in [5.74, 6) is -1.12. The summed E-state index contributed by atoms with van der Waals surface area (Å²) in [6, 6.07) is 5.27. The molecule has 0 aliphatic carbocycles. The molecule has 0 radical (unpaired) electrons. The lowest BCUT2D eigenvalue weighted by Gasteiger charge is -2.30. The Hall–Kier alpha value is -1.55. The first kappa shape index (κ1) is 11.0. The third-order valence-corrected chi connectivity index (χ3v) is 2.88. The van der Waals surface area contributed by atoms with E-state index >= 15 is 0 Å². The number of nitrogens with zero attached hydrogens (tertiary/aromatic N) is 1. The molecule has 1 fully saturated rings. The number of benzene rings is 1. The van der Waals surface area contributed by atoms with Gasteiger partial charge in [-0.15, -0.1) is 0 Å². The lowest BCUT2D eigenvalue weighted by molar-refractivity contribution is -0.255. The Labute approximate surface area is 94.4 Å². The van der Waals surface area contributed by atoms with Gasteiger partial charge in [0.2, 0.25) is 0 Å². The first-order chi connectivity index (χ1) is 7.70. The summed E-state index contributed by atoms with van der Waals surface area (Å²) < 4.78 is 5.27. The average molecular weight is 220 g/mol. The highest BCUT2D eigenvalue weighted by molar-refractivity contribution is 5.89. The van der Waals surface area contributed by atoms with Crippen LogP contribution in [0.15, 0.2) is 18.2 Å². The molecule has 4 nitrogen and oxygen atoms in total. The van der Waals surface area contributed by atoms with E-state index in [9.17, 15) is 9.90 Å². The first-order valence-corrected chi connectivity index (χ1v) is 5.34. The van der Waals surface area contributed by atoms with Crippen molar-refractivity contribution in [1.29, 1.82) is 0 Å². The Bertz CT molecular complexity index is 397. The maximum atomic E-state index is 10.9. The Morgan fingerprint density at radius 3 is 2.69 bits per heavy atom. The molecule has 86 valence electrons. The lowest BCUT2D eigenvalue weighted by Crippen LogP contribution is -2.37. The number of anilines is 1. The van der Waals surface area contributed by atoms with Gasteiger partial charge in [0.15, 0.2) is 0 Å². The predicted octanol–water partition coefficient (Wildman–Crippen LogP) is 0.195. The van der Waals surface area contributed by atoms with Crippen LogP contribution in [-0.4, -0.2) is 32.3 Å².